The van der Waals surface area contributed by atoms with Gasteiger partial charge in [-0.15, -0.1) is 0 Å². The summed E-state index contributed by atoms with van der Waals surface area (Å²) in [6.45, 7) is 4.90. The van der Waals surface area contributed by atoms with E-state index in [1.807, 2.05) is 0 Å². The zero-order valence-electron chi connectivity index (χ0n) is 11.5. The molecule has 98 valence electrons. The van der Waals surface area contributed by atoms with Gasteiger partial charge in [0.15, 0.2) is 0 Å². The minimum Gasteiger partial charge on any atom is -0.295 e. The van der Waals surface area contributed by atoms with Gasteiger partial charge in [0.05, 0.1) is 0 Å². The summed E-state index contributed by atoms with van der Waals surface area (Å²) in [5.74, 6) is 2.15. The van der Waals surface area contributed by atoms with Crippen LogP contribution in [-0.2, 0) is 6.42 Å². The maximum Gasteiger partial charge on any atom is 0.0382 e. The molecule has 3 aliphatic rings. The Morgan fingerprint density at radius 3 is 2.89 bits per heavy atom. The fraction of sp³-hybridized carbons (Fsp3) is 0.444. The number of hydrogen-bond acceptors (Lipinski definition) is 1. The Hall–Kier alpha value is -1.34. The third-order valence-electron chi connectivity index (χ3n) is 5.28. The Balaban J connectivity index is 1.75. The molecule has 1 heteroatoms. The lowest BCUT2D eigenvalue weighted by molar-refractivity contribution is 0.0382. The number of hydrogen-bond donors (Lipinski definition) is 0. The summed E-state index contributed by atoms with van der Waals surface area (Å²) in [6.07, 6.45) is 10.5. The van der Waals surface area contributed by atoms with Crippen LogP contribution >= 0.6 is 0 Å². The zero-order valence-corrected chi connectivity index (χ0v) is 11.5. The van der Waals surface area contributed by atoms with Gasteiger partial charge in [0.2, 0.25) is 0 Å². The first-order valence-corrected chi connectivity index (χ1v) is 7.51. The molecule has 0 bridgehead atoms. The second kappa shape index (κ2) is 4.35. The molecule has 0 N–H and O–H groups in total. The van der Waals surface area contributed by atoms with E-state index in [0.29, 0.717) is 12.0 Å². The van der Waals surface area contributed by atoms with Crippen molar-refractivity contribution < 1.29 is 0 Å². The molecule has 0 saturated carbocycles. The molecular formula is C18H21N. The summed E-state index contributed by atoms with van der Waals surface area (Å²) >= 11 is 0. The highest BCUT2D eigenvalue weighted by molar-refractivity contribution is 5.34. The summed E-state index contributed by atoms with van der Waals surface area (Å²) in [5, 5.41) is 0. The molecule has 2 aliphatic heterocycles. The molecule has 0 amide bonds. The van der Waals surface area contributed by atoms with E-state index in [0.717, 1.165) is 11.8 Å². The Bertz CT molecular complexity index is 542. The van der Waals surface area contributed by atoms with E-state index in [1.54, 1.807) is 11.1 Å². The third kappa shape index (κ3) is 1.72. The highest BCUT2D eigenvalue weighted by atomic mass is 15.2. The van der Waals surface area contributed by atoms with Crippen molar-refractivity contribution in [2.75, 3.05) is 13.1 Å². The molecular weight excluding hydrogens is 230 g/mol. The van der Waals surface area contributed by atoms with Crippen LogP contribution in [0.15, 0.2) is 48.6 Å². The summed E-state index contributed by atoms with van der Waals surface area (Å²) in [5.41, 5.74) is 3.16. The van der Waals surface area contributed by atoms with E-state index in [1.165, 1.54) is 19.5 Å². The number of nitrogens with zero attached hydrogens (tertiary/aromatic N) is 1. The van der Waals surface area contributed by atoms with E-state index in [9.17, 15) is 0 Å². The summed E-state index contributed by atoms with van der Waals surface area (Å²) < 4.78 is 0. The quantitative estimate of drug-likeness (QED) is 0.681. The molecule has 1 nitrogen and oxygen atoms in total. The highest BCUT2D eigenvalue weighted by Crippen LogP contribution is 2.46. The van der Waals surface area contributed by atoms with Gasteiger partial charge >= 0.3 is 0 Å². The van der Waals surface area contributed by atoms with Crippen molar-refractivity contribution in [1.82, 2.24) is 4.90 Å². The second-order valence-electron chi connectivity index (χ2n) is 6.26. The maximum atomic E-state index is 2.72. The van der Waals surface area contributed by atoms with Gasteiger partial charge in [-0.3, -0.25) is 4.90 Å². The smallest absolute Gasteiger partial charge is 0.0382 e. The Kier molecular flexibility index (Phi) is 2.63. The van der Waals surface area contributed by atoms with Crippen LogP contribution in [0.2, 0.25) is 0 Å². The second-order valence-corrected chi connectivity index (χ2v) is 6.26. The van der Waals surface area contributed by atoms with Crippen LogP contribution in [0, 0.1) is 17.8 Å². The average molecular weight is 251 g/mol. The zero-order chi connectivity index (χ0) is 12.8. The third-order valence-corrected chi connectivity index (χ3v) is 5.28. The van der Waals surface area contributed by atoms with Gasteiger partial charge in [-0.25, -0.2) is 0 Å². The minimum absolute atomic E-state index is 0.627. The van der Waals surface area contributed by atoms with Crippen LogP contribution in [-0.4, -0.2) is 18.0 Å². The number of fused-ring (bicyclic) bond motifs is 4. The van der Waals surface area contributed by atoms with Crippen molar-refractivity contribution in [2.24, 2.45) is 17.8 Å². The topological polar surface area (TPSA) is 3.24 Å². The summed E-state index contributed by atoms with van der Waals surface area (Å²) in [7, 11) is 0. The van der Waals surface area contributed by atoms with E-state index < -0.39 is 0 Å². The van der Waals surface area contributed by atoms with Crippen LogP contribution in [0.25, 0.3) is 0 Å². The van der Waals surface area contributed by atoms with Crippen LogP contribution in [0.5, 0.6) is 0 Å². The van der Waals surface area contributed by atoms with Gasteiger partial charge in [-0.2, -0.15) is 0 Å². The van der Waals surface area contributed by atoms with Crippen molar-refractivity contribution >= 4 is 0 Å². The molecule has 1 aromatic rings. The fourth-order valence-corrected chi connectivity index (χ4v) is 4.37. The number of benzene rings is 1. The van der Waals surface area contributed by atoms with Gasteiger partial charge in [0, 0.05) is 19.1 Å². The van der Waals surface area contributed by atoms with Crippen LogP contribution in [0.4, 0.5) is 0 Å². The first kappa shape index (κ1) is 11.5. The molecule has 1 aliphatic carbocycles. The summed E-state index contributed by atoms with van der Waals surface area (Å²) in [6, 6.07) is 9.70. The SMILES string of the molecule is CC1C2C=CC=CC2CN2CCc3ccccc3C12. The standard InChI is InChI=1S/C18H21N/c1-13-16-8-4-3-7-15(16)12-19-11-10-14-6-2-5-9-17(14)18(13)19/h2-9,13,15-16,18H,10-12H2,1H3. The van der Waals surface area contributed by atoms with Gasteiger partial charge < -0.3 is 0 Å². The van der Waals surface area contributed by atoms with Gasteiger partial charge in [-0.1, -0.05) is 55.5 Å². The molecule has 19 heavy (non-hydrogen) atoms. The minimum atomic E-state index is 0.627. The van der Waals surface area contributed by atoms with Crippen molar-refractivity contribution in [3.05, 3.63) is 59.7 Å². The molecule has 0 aromatic heterocycles. The van der Waals surface area contributed by atoms with Gasteiger partial charge in [-0.05, 0) is 35.3 Å². The molecule has 1 saturated heterocycles. The Morgan fingerprint density at radius 1 is 1.11 bits per heavy atom. The number of allylic oxidation sites excluding steroid dienone is 3. The maximum absolute atomic E-state index is 2.72. The van der Waals surface area contributed by atoms with E-state index in [4.69, 9.17) is 0 Å². The predicted octanol–water partition coefficient (Wildman–Crippen LogP) is 3.59. The van der Waals surface area contributed by atoms with Crippen LogP contribution in [0.3, 0.4) is 0 Å². The normalized spacial score (nSPS) is 36.5. The van der Waals surface area contributed by atoms with E-state index >= 15 is 0 Å². The van der Waals surface area contributed by atoms with Crippen molar-refractivity contribution in [1.29, 1.82) is 0 Å². The molecule has 0 spiro atoms. The van der Waals surface area contributed by atoms with Crippen LogP contribution < -0.4 is 0 Å². The van der Waals surface area contributed by atoms with Crippen molar-refractivity contribution in [3.63, 3.8) is 0 Å². The lowest BCUT2D eigenvalue weighted by Crippen LogP contribution is -2.49. The molecule has 4 atom stereocenters. The molecule has 1 fully saturated rings. The summed E-state index contributed by atoms with van der Waals surface area (Å²) in [4.78, 5) is 2.72. The lowest BCUT2D eigenvalue weighted by atomic mass is 9.69. The van der Waals surface area contributed by atoms with E-state index in [2.05, 4.69) is 60.4 Å². The average Bonchev–Trinajstić information content (AvgIpc) is 2.47. The molecule has 0 radical (unpaired) electrons. The number of piperidine rings is 1. The van der Waals surface area contributed by atoms with Gasteiger partial charge in [0.1, 0.15) is 0 Å². The Labute approximate surface area is 115 Å². The first-order chi connectivity index (χ1) is 9.34. The van der Waals surface area contributed by atoms with Crippen molar-refractivity contribution in [3.8, 4) is 0 Å². The molecule has 4 unspecified atom stereocenters. The highest BCUT2D eigenvalue weighted by Gasteiger charge is 2.42. The molecule has 1 aromatic carbocycles. The molecule has 2 heterocycles. The Morgan fingerprint density at radius 2 is 1.95 bits per heavy atom. The van der Waals surface area contributed by atoms with Gasteiger partial charge in [0.25, 0.3) is 0 Å². The fourth-order valence-electron chi connectivity index (χ4n) is 4.37. The molecule has 4 rings (SSSR count). The monoisotopic (exact) mass is 251 g/mol. The number of rotatable bonds is 0. The van der Waals surface area contributed by atoms with Crippen LogP contribution in [0.1, 0.15) is 24.1 Å². The lowest BCUT2D eigenvalue weighted by Gasteiger charge is -2.50. The van der Waals surface area contributed by atoms with E-state index in [-0.39, 0.29) is 0 Å². The first-order valence-electron chi connectivity index (χ1n) is 7.51. The predicted molar refractivity (Wildman–Crippen MR) is 78.9 cm³/mol. The van der Waals surface area contributed by atoms with Crippen molar-refractivity contribution in [2.45, 2.75) is 19.4 Å². The largest absolute Gasteiger partial charge is 0.295 e.